The summed E-state index contributed by atoms with van der Waals surface area (Å²) >= 11 is 1.51. The summed E-state index contributed by atoms with van der Waals surface area (Å²) in [5.41, 5.74) is 4.46. The van der Waals surface area contributed by atoms with E-state index in [9.17, 15) is 4.79 Å². The third kappa shape index (κ3) is 3.64. The fourth-order valence-electron chi connectivity index (χ4n) is 2.94. The Kier molecular flexibility index (Phi) is 4.77. The molecule has 2 aromatic carbocycles. The highest BCUT2D eigenvalue weighted by atomic mass is 32.2. The summed E-state index contributed by atoms with van der Waals surface area (Å²) in [6.07, 6.45) is 0. The molecule has 0 radical (unpaired) electrons. The van der Waals surface area contributed by atoms with Gasteiger partial charge in [0.2, 0.25) is 5.16 Å². The highest BCUT2D eigenvalue weighted by Crippen LogP contribution is 2.28. The van der Waals surface area contributed by atoms with E-state index in [-0.39, 0.29) is 5.63 Å². The fraction of sp³-hybridized carbons (Fsp3) is 0.200. The zero-order valence-corrected chi connectivity index (χ0v) is 15.9. The van der Waals surface area contributed by atoms with Crippen molar-refractivity contribution in [1.82, 2.24) is 20.2 Å². The maximum Gasteiger partial charge on any atom is 0.336 e. The molecule has 0 spiro atoms. The first-order chi connectivity index (χ1) is 13.1. The van der Waals surface area contributed by atoms with Gasteiger partial charge in [-0.1, -0.05) is 54.2 Å². The third-order valence-electron chi connectivity index (χ3n) is 4.55. The summed E-state index contributed by atoms with van der Waals surface area (Å²) in [6.45, 7) is 4.58. The summed E-state index contributed by atoms with van der Waals surface area (Å²) in [5.74, 6) is 0.583. The highest BCUT2D eigenvalue weighted by molar-refractivity contribution is 7.98. The molecule has 0 unspecified atom stereocenters. The molecule has 6 nitrogen and oxygen atoms in total. The average Bonchev–Trinajstić information content (AvgIpc) is 3.11. The molecule has 4 aromatic rings. The van der Waals surface area contributed by atoms with Crippen LogP contribution in [0.15, 0.2) is 62.9 Å². The Balaban J connectivity index is 1.61. The van der Waals surface area contributed by atoms with Crippen molar-refractivity contribution in [3.8, 4) is 0 Å². The van der Waals surface area contributed by atoms with Crippen LogP contribution < -0.4 is 5.63 Å². The van der Waals surface area contributed by atoms with Gasteiger partial charge in [0.25, 0.3) is 0 Å². The molecule has 0 atom stereocenters. The largest absolute Gasteiger partial charge is 0.422 e. The van der Waals surface area contributed by atoms with Crippen LogP contribution >= 0.6 is 11.8 Å². The van der Waals surface area contributed by atoms with E-state index >= 15 is 0 Å². The van der Waals surface area contributed by atoms with Crippen molar-refractivity contribution in [3.63, 3.8) is 0 Å². The fourth-order valence-corrected chi connectivity index (χ4v) is 3.81. The normalized spacial score (nSPS) is 11.2. The zero-order valence-electron chi connectivity index (χ0n) is 15.0. The molecule has 2 heterocycles. The van der Waals surface area contributed by atoms with Gasteiger partial charge in [0.1, 0.15) is 5.58 Å². The molecule has 136 valence electrons. The predicted octanol–water partition coefficient (Wildman–Crippen LogP) is 3.74. The Labute approximate surface area is 160 Å². The monoisotopic (exact) mass is 378 g/mol. The van der Waals surface area contributed by atoms with E-state index in [1.165, 1.54) is 11.8 Å². The molecule has 0 amide bonds. The van der Waals surface area contributed by atoms with E-state index < -0.39 is 0 Å². The molecule has 7 heteroatoms. The lowest BCUT2D eigenvalue weighted by atomic mass is 10.0. The molecule has 2 aromatic heterocycles. The van der Waals surface area contributed by atoms with E-state index in [0.29, 0.717) is 23.0 Å². The summed E-state index contributed by atoms with van der Waals surface area (Å²) in [7, 11) is 0. The molecule has 0 saturated carbocycles. The van der Waals surface area contributed by atoms with Crippen LogP contribution in [0.4, 0.5) is 0 Å². The number of hydrogen-bond acceptors (Lipinski definition) is 6. The van der Waals surface area contributed by atoms with Gasteiger partial charge in [0, 0.05) is 17.2 Å². The van der Waals surface area contributed by atoms with Crippen molar-refractivity contribution in [2.45, 2.75) is 31.3 Å². The van der Waals surface area contributed by atoms with Gasteiger partial charge >= 0.3 is 5.63 Å². The number of hydrogen-bond donors (Lipinski definition) is 0. The first kappa shape index (κ1) is 17.5. The van der Waals surface area contributed by atoms with Crippen LogP contribution in [0.3, 0.4) is 0 Å². The Morgan fingerprint density at radius 3 is 2.74 bits per heavy atom. The summed E-state index contributed by atoms with van der Waals surface area (Å²) in [4.78, 5) is 12.0. The molecule has 4 rings (SSSR count). The number of rotatable bonds is 5. The maximum absolute atomic E-state index is 12.0. The molecule has 0 N–H and O–H groups in total. The number of thioether (sulfide) groups is 1. The minimum atomic E-state index is -0.337. The molecule has 0 saturated heterocycles. The first-order valence-corrected chi connectivity index (χ1v) is 9.56. The van der Waals surface area contributed by atoms with Crippen molar-refractivity contribution in [2.24, 2.45) is 0 Å². The lowest BCUT2D eigenvalue weighted by Gasteiger charge is -2.09. The van der Waals surface area contributed by atoms with Crippen molar-refractivity contribution < 1.29 is 4.42 Å². The van der Waals surface area contributed by atoms with Crippen LogP contribution in [-0.2, 0) is 12.3 Å². The van der Waals surface area contributed by atoms with Gasteiger partial charge in [-0.05, 0) is 46.5 Å². The maximum atomic E-state index is 12.0. The number of aromatic nitrogens is 4. The minimum Gasteiger partial charge on any atom is -0.422 e. The predicted molar refractivity (Wildman–Crippen MR) is 105 cm³/mol. The third-order valence-corrected chi connectivity index (χ3v) is 5.55. The first-order valence-electron chi connectivity index (χ1n) is 8.57. The second-order valence-corrected chi connectivity index (χ2v) is 7.31. The molecular weight excluding hydrogens is 360 g/mol. The van der Waals surface area contributed by atoms with E-state index in [2.05, 4.69) is 15.5 Å². The molecule has 0 fully saturated rings. The van der Waals surface area contributed by atoms with Gasteiger partial charge < -0.3 is 4.42 Å². The van der Waals surface area contributed by atoms with Gasteiger partial charge in [0.05, 0.1) is 6.54 Å². The van der Waals surface area contributed by atoms with Crippen LogP contribution in [-0.4, -0.2) is 20.2 Å². The summed E-state index contributed by atoms with van der Waals surface area (Å²) < 4.78 is 7.21. The molecule has 0 bridgehead atoms. The number of benzene rings is 2. The van der Waals surface area contributed by atoms with Crippen LogP contribution in [0, 0.1) is 13.8 Å². The second kappa shape index (κ2) is 7.36. The van der Waals surface area contributed by atoms with Gasteiger partial charge in [-0.15, -0.1) is 5.10 Å². The Hall–Kier alpha value is -2.93. The quantitative estimate of drug-likeness (QED) is 0.389. The van der Waals surface area contributed by atoms with Gasteiger partial charge in [0.15, 0.2) is 0 Å². The Morgan fingerprint density at radius 1 is 1.11 bits per heavy atom. The van der Waals surface area contributed by atoms with Crippen LogP contribution in [0.1, 0.15) is 22.3 Å². The van der Waals surface area contributed by atoms with Crippen molar-refractivity contribution >= 4 is 22.7 Å². The average molecular weight is 378 g/mol. The van der Waals surface area contributed by atoms with Crippen LogP contribution in [0.2, 0.25) is 0 Å². The van der Waals surface area contributed by atoms with Gasteiger partial charge in [-0.3, -0.25) is 0 Å². The molecular formula is C20H18N4O2S. The lowest BCUT2D eigenvalue weighted by Crippen LogP contribution is -2.05. The van der Waals surface area contributed by atoms with E-state index in [1.54, 1.807) is 10.7 Å². The van der Waals surface area contributed by atoms with E-state index in [4.69, 9.17) is 4.42 Å². The van der Waals surface area contributed by atoms with Crippen molar-refractivity contribution in [3.05, 3.63) is 81.2 Å². The van der Waals surface area contributed by atoms with Gasteiger partial charge in [-0.25, -0.2) is 9.48 Å². The van der Waals surface area contributed by atoms with Crippen molar-refractivity contribution in [2.75, 3.05) is 0 Å². The second-order valence-electron chi connectivity index (χ2n) is 6.37. The zero-order chi connectivity index (χ0) is 18.8. The highest BCUT2D eigenvalue weighted by Gasteiger charge is 2.12. The van der Waals surface area contributed by atoms with E-state index in [0.717, 1.165) is 27.6 Å². The minimum absolute atomic E-state index is 0.337. The number of aryl methyl sites for hydroxylation is 2. The van der Waals surface area contributed by atoms with Crippen LogP contribution in [0.5, 0.6) is 0 Å². The SMILES string of the molecule is Cc1ccc2c(CSc3nnnn3Cc3ccccc3)cc(=O)oc2c1C. The molecule has 0 aliphatic rings. The number of tetrazole rings is 1. The standard InChI is InChI=1S/C20H18N4O2S/c1-13-8-9-17-16(10-18(25)26-19(17)14(13)2)12-27-20-21-22-23-24(20)11-15-6-4-3-5-7-15/h3-10H,11-12H2,1-2H3. The van der Waals surface area contributed by atoms with Crippen LogP contribution in [0.25, 0.3) is 11.0 Å². The number of fused-ring (bicyclic) bond motifs is 1. The Bertz CT molecular complexity index is 1150. The molecule has 0 aliphatic carbocycles. The molecule has 0 aliphatic heterocycles. The molecule has 27 heavy (non-hydrogen) atoms. The number of nitrogens with zero attached hydrogens (tertiary/aromatic N) is 4. The summed E-state index contributed by atoms with van der Waals surface area (Å²) in [5, 5.41) is 13.7. The smallest absolute Gasteiger partial charge is 0.336 e. The Morgan fingerprint density at radius 2 is 1.93 bits per heavy atom. The van der Waals surface area contributed by atoms with Gasteiger partial charge in [-0.2, -0.15) is 0 Å². The van der Waals surface area contributed by atoms with Crippen molar-refractivity contribution in [1.29, 1.82) is 0 Å². The summed E-state index contributed by atoms with van der Waals surface area (Å²) in [6, 6.07) is 15.6. The lowest BCUT2D eigenvalue weighted by molar-refractivity contribution is 0.557. The topological polar surface area (TPSA) is 73.8 Å². The van der Waals surface area contributed by atoms with E-state index in [1.807, 2.05) is 56.3 Å².